The number of carbonyl (C=O) groups is 1. The summed E-state index contributed by atoms with van der Waals surface area (Å²) in [6.45, 7) is 4.95. The van der Waals surface area contributed by atoms with Crippen molar-refractivity contribution in [1.29, 1.82) is 0 Å². The third-order valence-corrected chi connectivity index (χ3v) is 4.55. The van der Waals surface area contributed by atoms with Gasteiger partial charge in [0.2, 0.25) is 5.91 Å². The molecule has 1 heterocycles. The number of aliphatic hydroxyl groups excluding tert-OH is 1. The van der Waals surface area contributed by atoms with Gasteiger partial charge in [0.1, 0.15) is 0 Å². The van der Waals surface area contributed by atoms with Gasteiger partial charge in [-0.2, -0.15) is 0 Å². The first-order valence-electron chi connectivity index (χ1n) is 6.36. The average molecular weight is 268 g/mol. The van der Waals surface area contributed by atoms with Crippen LogP contribution in [-0.4, -0.2) is 29.1 Å². The maximum atomic E-state index is 11.8. The Morgan fingerprint density at radius 3 is 2.83 bits per heavy atom. The van der Waals surface area contributed by atoms with Gasteiger partial charge >= 0.3 is 0 Å². The monoisotopic (exact) mass is 268 g/mol. The van der Waals surface area contributed by atoms with E-state index in [9.17, 15) is 4.79 Å². The molecule has 0 atom stereocenters. The lowest BCUT2D eigenvalue weighted by Gasteiger charge is -2.12. The van der Waals surface area contributed by atoms with Gasteiger partial charge in [-0.25, -0.2) is 4.98 Å². The molecule has 1 aromatic rings. The van der Waals surface area contributed by atoms with E-state index in [-0.39, 0.29) is 17.9 Å². The van der Waals surface area contributed by atoms with Crippen molar-refractivity contribution in [2.24, 2.45) is 5.41 Å². The molecule has 1 aliphatic rings. The molecule has 100 valence electrons. The lowest BCUT2D eigenvalue weighted by Crippen LogP contribution is -2.32. The Hall–Kier alpha value is -0.940. The highest BCUT2D eigenvalue weighted by Crippen LogP contribution is 2.44. The number of aliphatic hydroxyl groups is 1. The van der Waals surface area contributed by atoms with Gasteiger partial charge in [0, 0.05) is 23.3 Å². The van der Waals surface area contributed by atoms with Crippen molar-refractivity contribution in [3.63, 3.8) is 0 Å². The summed E-state index contributed by atoms with van der Waals surface area (Å²) in [5.74, 6) is 0.409. The molecule has 0 radical (unpaired) electrons. The van der Waals surface area contributed by atoms with Crippen molar-refractivity contribution in [2.75, 3.05) is 13.2 Å². The Morgan fingerprint density at radius 2 is 2.33 bits per heavy atom. The fourth-order valence-electron chi connectivity index (χ4n) is 1.75. The number of carbonyl (C=O) groups excluding carboxylic acids is 1. The summed E-state index contributed by atoms with van der Waals surface area (Å²) < 4.78 is 0. The van der Waals surface area contributed by atoms with Crippen LogP contribution in [0, 0.1) is 5.41 Å². The van der Waals surface area contributed by atoms with Crippen LogP contribution in [0.15, 0.2) is 5.38 Å². The van der Waals surface area contributed by atoms with Crippen LogP contribution >= 0.6 is 11.3 Å². The fraction of sp³-hybridized carbons (Fsp3) is 0.692. The third kappa shape index (κ3) is 3.29. The smallest absolute Gasteiger partial charge is 0.226 e. The standard InChI is InChI=1S/C13H20N2O2S/c1-9(2)12-15-10(6-18-12)5-11(17)14-7-13(8-16)3-4-13/h6,9,16H,3-5,7-8H2,1-2H3,(H,14,17). The number of aromatic nitrogens is 1. The highest BCUT2D eigenvalue weighted by atomic mass is 32.1. The highest BCUT2D eigenvalue weighted by molar-refractivity contribution is 7.09. The summed E-state index contributed by atoms with van der Waals surface area (Å²) in [7, 11) is 0. The summed E-state index contributed by atoms with van der Waals surface area (Å²) in [6, 6.07) is 0. The summed E-state index contributed by atoms with van der Waals surface area (Å²) in [5.41, 5.74) is 0.816. The molecule has 0 aromatic carbocycles. The molecule has 18 heavy (non-hydrogen) atoms. The average Bonchev–Trinajstić information content (AvgIpc) is 2.98. The molecule has 1 fully saturated rings. The zero-order chi connectivity index (χ0) is 13.2. The molecule has 0 spiro atoms. The van der Waals surface area contributed by atoms with Crippen LogP contribution < -0.4 is 5.32 Å². The second kappa shape index (κ2) is 5.36. The Labute approximate surface area is 111 Å². The first kappa shape index (κ1) is 13.5. The predicted octanol–water partition coefficient (Wildman–Crippen LogP) is 1.70. The van der Waals surface area contributed by atoms with E-state index in [0.717, 1.165) is 23.5 Å². The first-order chi connectivity index (χ1) is 8.54. The van der Waals surface area contributed by atoms with Gasteiger partial charge in [-0.15, -0.1) is 11.3 Å². The van der Waals surface area contributed by atoms with E-state index in [1.165, 1.54) is 0 Å². The van der Waals surface area contributed by atoms with Gasteiger partial charge < -0.3 is 10.4 Å². The van der Waals surface area contributed by atoms with Crippen LogP contribution in [0.25, 0.3) is 0 Å². The van der Waals surface area contributed by atoms with Crippen LogP contribution in [0.1, 0.15) is 43.3 Å². The van der Waals surface area contributed by atoms with Crippen LogP contribution in [0.2, 0.25) is 0 Å². The van der Waals surface area contributed by atoms with E-state index in [4.69, 9.17) is 5.11 Å². The summed E-state index contributed by atoms with van der Waals surface area (Å²) in [5, 5.41) is 15.1. The van der Waals surface area contributed by atoms with E-state index in [1.54, 1.807) is 11.3 Å². The maximum Gasteiger partial charge on any atom is 0.226 e. The van der Waals surface area contributed by atoms with Gasteiger partial charge in [-0.05, 0) is 12.8 Å². The van der Waals surface area contributed by atoms with E-state index in [1.807, 2.05) is 5.38 Å². The number of rotatable bonds is 6. The highest BCUT2D eigenvalue weighted by Gasteiger charge is 2.41. The molecule has 1 saturated carbocycles. The number of thiazole rings is 1. The molecule has 0 bridgehead atoms. The second-order valence-corrected chi connectivity index (χ2v) is 6.33. The first-order valence-corrected chi connectivity index (χ1v) is 7.24. The summed E-state index contributed by atoms with van der Waals surface area (Å²) >= 11 is 1.61. The van der Waals surface area contributed by atoms with Crippen LogP contribution in [0.5, 0.6) is 0 Å². The van der Waals surface area contributed by atoms with Gasteiger partial charge in [-0.3, -0.25) is 4.79 Å². The maximum absolute atomic E-state index is 11.8. The van der Waals surface area contributed by atoms with E-state index >= 15 is 0 Å². The SMILES string of the molecule is CC(C)c1nc(CC(=O)NCC2(CO)CC2)cs1. The Kier molecular flexibility index (Phi) is 4.02. The molecule has 5 heteroatoms. The van der Waals surface area contributed by atoms with Crippen molar-refractivity contribution in [2.45, 2.75) is 39.0 Å². The number of nitrogens with zero attached hydrogens (tertiary/aromatic N) is 1. The van der Waals surface area contributed by atoms with Gasteiger partial charge in [0.15, 0.2) is 0 Å². The molecule has 1 amide bonds. The van der Waals surface area contributed by atoms with Gasteiger partial charge in [0.25, 0.3) is 0 Å². The second-order valence-electron chi connectivity index (χ2n) is 5.44. The quantitative estimate of drug-likeness (QED) is 0.825. The molecule has 0 aliphatic heterocycles. The van der Waals surface area contributed by atoms with Gasteiger partial charge in [-0.1, -0.05) is 13.8 Å². The zero-order valence-electron chi connectivity index (χ0n) is 10.9. The molecular formula is C13H20N2O2S. The van der Waals surface area contributed by atoms with Gasteiger partial charge in [0.05, 0.1) is 23.7 Å². The molecule has 2 N–H and O–H groups in total. The number of hydrogen-bond donors (Lipinski definition) is 2. The fourth-order valence-corrected chi connectivity index (χ4v) is 2.58. The number of hydrogen-bond acceptors (Lipinski definition) is 4. The van der Waals surface area contributed by atoms with E-state index < -0.39 is 0 Å². The molecular weight excluding hydrogens is 248 g/mol. The normalized spacial score (nSPS) is 16.9. The Bertz CT molecular complexity index is 424. The number of amides is 1. The van der Waals surface area contributed by atoms with E-state index in [0.29, 0.717) is 18.9 Å². The van der Waals surface area contributed by atoms with Crippen molar-refractivity contribution < 1.29 is 9.90 Å². The molecule has 1 aromatic heterocycles. The molecule has 4 nitrogen and oxygen atoms in total. The Morgan fingerprint density at radius 1 is 1.61 bits per heavy atom. The third-order valence-electron chi connectivity index (χ3n) is 3.36. The van der Waals surface area contributed by atoms with Crippen LogP contribution in [-0.2, 0) is 11.2 Å². The topological polar surface area (TPSA) is 62.2 Å². The molecule has 1 aliphatic carbocycles. The Balaban J connectivity index is 1.79. The lowest BCUT2D eigenvalue weighted by atomic mass is 10.1. The minimum Gasteiger partial charge on any atom is -0.396 e. The number of nitrogens with one attached hydrogen (secondary N) is 1. The summed E-state index contributed by atoms with van der Waals surface area (Å²) in [4.78, 5) is 16.2. The summed E-state index contributed by atoms with van der Waals surface area (Å²) in [6.07, 6.45) is 2.36. The molecule has 0 unspecified atom stereocenters. The minimum absolute atomic E-state index is 0.00432. The zero-order valence-corrected chi connectivity index (χ0v) is 11.7. The van der Waals surface area contributed by atoms with Crippen molar-refractivity contribution in [1.82, 2.24) is 10.3 Å². The lowest BCUT2D eigenvalue weighted by molar-refractivity contribution is -0.120. The van der Waals surface area contributed by atoms with Crippen molar-refractivity contribution >= 4 is 17.2 Å². The molecule has 2 rings (SSSR count). The molecule has 0 saturated heterocycles. The largest absolute Gasteiger partial charge is 0.396 e. The predicted molar refractivity (Wildman–Crippen MR) is 71.7 cm³/mol. The van der Waals surface area contributed by atoms with Crippen molar-refractivity contribution in [3.05, 3.63) is 16.1 Å². The minimum atomic E-state index is -0.0270. The van der Waals surface area contributed by atoms with Crippen LogP contribution in [0.3, 0.4) is 0 Å². The van der Waals surface area contributed by atoms with Crippen LogP contribution in [0.4, 0.5) is 0 Å². The van der Waals surface area contributed by atoms with E-state index in [2.05, 4.69) is 24.1 Å². The van der Waals surface area contributed by atoms with Crippen molar-refractivity contribution in [3.8, 4) is 0 Å².